The third kappa shape index (κ3) is 1.32. The molecule has 0 aliphatic heterocycles. The Hall–Kier alpha value is -1.75. The molecule has 3 aromatic heterocycles. The van der Waals surface area contributed by atoms with E-state index in [1.165, 1.54) is 0 Å². The molecule has 0 bridgehead atoms. The summed E-state index contributed by atoms with van der Waals surface area (Å²) in [5, 5.41) is 0. The SMILES string of the molecule is Cc1ncsc1-c1nc2nccc(C)c2[nH]1. The number of aryl methyl sites for hydroxylation is 2. The van der Waals surface area contributed by atoms with E-state index in [9.17, 15) is 0 Å². The van der Waals surface area contributed by atoms with Gasteiger partial charge in [-0.1, -0.05) is 0 Å². The Labute approximate surface area is 96.4 Å². The maximum Gasteiger partial charge on any atom is 0.178 e. The maximum absolute atomic E-state index is 4.48. The second-order valence-electron chi connectivity index (χ2n) is 3.68. The van der Waals surface area contributed by atoms with Gasteiger partial charge in [0.05, 0.1) is 21.6 Å². The number of rotatable bonds is 1. The Bertz CT molecular complexity index is 653. The summed E-state index contributed by atoms with van der Waals surface area (Å²) in [4.78, 5) is 17.3. The van der Waals surface area contributed by atoms with E-state index in [-0.39, 0.29) is 0 Å². The fourth-order valence-electron chi connectivity index (χ4n) is 1.67. The van der Waals surface area contributed by atoms with Gasteiger partial charge < -0.3 is 4.98 Å². The number of aromatic nitrogens is 4. The summed E-state index contributed by atoms with van der Waals surface area (Å²) >= 11 is 1.59. The molecule has 0 spiro atoms. The molecule has 0 saturated carbocycles. The summed E-state index contributed by atoms with van der Waals surface area (Å²) in [6, 6.07) is 1.98. The molecule has 5 heteroatoms. The summed E-state index contributed by atoms with van der Waals surface area (Å²) in [7, 11) is 0. The van der Waals surface area contributed by atoms with Crippen LogP contribution in [0.15, 0.2) is 17.8 Å². The molecule has 0 atom stereocenters. The summed E-state index contributed by atoms with van der Waals surface area (Å²) in [5.41, 5.74) is 5.76. The average molecular weight is 230 g/mol. The first-order valence-electron chi connectivity index (χ1n) is 4.97. The van der Waals surface area contributed by atoms with Gasteiger partial charge in [0.1, 0.15) is 0 Å². The standard InChI is InChI=1S/C11H10N4S/c1-6-3-4-12-10-8(6)14-11(15-10)9-7(2)13-5-16-9/h3-5H,1-2H3,(H,12,14,15). The lowest BCUT2D eigenvalue weighted by atomic mass is 10.3. The lowest BCUT2D eigenvalue weighted by molar-refractivity contribution is 1.24. The average Bonchev–Trinajstić information content (AvgIpc) is 2.84. The first-order chi connectivity index (χ1) is 7.75. The Morgan fingerprint density at radius 1 is 1.25 bits per heavy atom. The second kappa shape index (κ2) is 3.38. The van der Waals surface area contributed by atoms with Crippen molar-refractivity contribution < 1.29 is 0 Å². The lowest BCUT2D eigenvalue weighted by Gasteiger charge is -1.91. The van der Waals surface area contributed by atoms with Gasteiger partial charge in [-0.3, -0.25) is 0 Å². The Morgan fingerprint density at radius 3 is 2.81 bits per heavy atom. The van der Waals surface area contributed by atoms with E-state index in [0.717, 1.165) is 33.1 Å². The van der Waals surface area contributed by atoms with Crippen LogP contribution in [0.5, 0.6) is 0 Å². The molecule has 3 heterocycles. The quantitative estimate of drug-likeness (QED) is 0.699. The van der Waals surface area contributed by atoms with E-state index in [2.05, 4.69) is 19.9 Å². The molecule has 0 unspecified atom stereocenters. The van der Waals surface area contributed by atoms with Crippen LogP contribution < -0.4 is 0 Å². The first-order valence-corrected chi connectivity index (χ1v) is 5.85. The van der Waals surface area contributed by atoms with Crippen molar-refractivity contribution in [2.45, 2.75) is 13.8 Å². The minimum Gasteiger partial charge on any atom is -0.336 e. The van der Waals surface area contributed by atoms with Crippen LogP contribution in [0.3, 0.4) is 0 Å². The molecule has 1 N–H and O–H groups in total. The van der Waals surface area contributed by atoms with Crippen LogP contribution in [0.4, 0.5) is 0 Å². The summed E-state index contributed by atoms with van der Waals surface area (Å²) in [6.07, 6.45) is 1.78. The van der Waals surface area contributed by atoms with Crippen molar-refractivity contribution in [3.8, 4) is 10.7 Å². The van der Waals surface area contributed by atoms with Crippen molar-refractivity contribution in [2.75, 3.05) is 0 Å². The molecule has 0 radical (unpaired) electrons. The van der Waals surface area contributed by atoms with Crippen molar-refractivity contribution in [3.05, 3.63) is 29.0 Å². The van der Waals surface area contributed by atoms with Gasteiger partial charge in [-0.25, -0.2) is 15.0 Å². The first kappa shape index (κ1) is 9.47. The van der Waals surface area contributed by atoms with Crippen LogP contribution in [-0.2, 0) is 0 Å². The number of fused-ring (bicyclic) bond motifs is 1. The van der Waals surface area contributed by atoms with Crippen LogP contribution in [0.1, 0.15) is 11.3 Å². The number of thiazole rings is 1. The highest BCUT2D eigenvalue weighted by Gasteiger charge is 2.11. The minimum atomic E-state index is 0.766. The summed E-state index contributed by atoms with van der Waals surface area (Å²) < 4.78 is 0. The van der Waals surface area contributed by atoms with Gasteiger partial charge >= 0.3 is 0 Å². The predicted octanol–water partition coefficient (Wildman–Crippen LogP) is 2.70. The summed E-state index contributed by atoms with van der Waals surface area (Å²) in [5.74, 6) is 0.858. The van der Waals surface area contributed by atoms with Gasteiger partial charge in [0.25, 0.3) is 0 Å². The highest BCUT2D eigenvalue weighted by molar-refractivity contribution is 7.13. The molecule has 0 saturated heterocycles. The van der Waals surface area contributed by atoms with Gasteiger partial charge in [-0.05, 0) is 25.5 Å². The number of pyridine rings is 1. The molecule has 0 fully saturated rings. The van der Waals surface area contributed by atoms with Gasteiger partial charge in [-0.15, -0.1) is 11.3 Å². The van der Waals surface area contributed by atoms with Gasteiger partial charge in [0.15, 0.2) is 11.5 Å². The highest BCUT2D eigenvalue weighted by atomic mass is 32.1. The zero-order chi connectivity index (χ0) is 11.1. The molecule has 16 heavy (non-hydrogen) atoms. The van der Waals surface area contributed by atoms with Crippen LogP contribution in [-0.4, -0.2) is 19.9 Å². The molecule has 0 aliphatic carbocycles. The molecule has 4 nitrogen and oxygen atoms in total. The van der Waals surface area contributed by atoms with Crippen molar-refractivity contribution in [1.82, 2.24) is 19.9 Å². The molecule has 80 valence electrons. The monoisotopic (exact) mass is 230 g/mol. The van der Waals surface area contributed by atoms with Crippen LogP contribution >= 0.6 is 11.3 Å². The number of nitrogens with zero attached hydrogens (tertiary/aromatic N) is 3. The number of aromatic amines is 1. The normalized spacial score (nSPS) is 11.1. The number of nitrogens with one attached hydrogen (secondary N) is 1. The minimum absolute atomic E-state index is 0.766. The van der Waals surface area contributed by atoms with E-state index in [1.54, 1.807) is 17.5 Å². The van der Waals surface area contributed by atoms with E-state index in [1.807, 2.05) is 25.4 Å². The van der Waals surface area contributed by atoms with E-state index in [4.69, 9.17) is 0 Å². The van der Waals surface area contributed by atoms with E-state index in [0.29, 0.717) is 0 Å². The number of hydrogen-bond acceptors (Lipinski definition) is 4. The lowest BCUT2D eigenvalue weighted by Crippen LogP contribution is -1.79. The van der Waals surface area contributed by atoms with E-state index < -0.39 is 0 Å². The number of hydrogen-bond donors (Lipinski definition) is 1. The Balaban J connectivity index is 2.27. The van der Waals surface area contributed by atoms with Gasteiger partial charge in [-0.2, -0.15) is 0 Å². The largest absolute Gasteiger partial charge is 0.336 e. The van der Waals surface area contributed by atoms with Crippen LogP contribution in [0.2, 0.25) is 0 Å². The fraction of sp³-hybridized carbons (Fsp3) is 0.182. The van der Waals surface area contributed by atoms with Crippen LogP contribution in [0.25, 0.3) is 21.9 Å². The fourth-order valence-corrected chi connectivity index (χ4v) is 2.42. The van der Waals surface area contributed by atoms with Crippen molar-refractivity contribution in [2.24, 2.45) is 0 Å². The van der Waals surface area contributed by atoms with Crippen molar-refractivity contribution >= 4 is 22.5 Å². The third-order valence-corrected chi connectivity index (χ3v) is 3.50. The molecule has 0 aromatic carbocycles. The molecule has 0 amide bonds. The number of imidazole rings is 1. The van der Waals surface area contributed by atoms with Gasteiger partial charge in [0, 0.05) is 6.20 Å². The maximum atomic E-state index is 4.48. The molecule has 3 aromatic rings. The number of H-pyrrole nitrogens is 1. The summed E-state index contributed by atoms with van der Waals surface area (Å²) in [6.45, 7) is 4.03. The Morgan fingerprint density at radius 2 is 2.12 bits per heavy atom. The molecular weight excluding hydrogens is 220 g/mol. The smallest absolute Gasteiger partial charge is 0.178 e. The molecular formula is C11H10N4S. The molecule has 3 rings (SSSR count). The van der Waals surface area contributed by atoms with Crippen LogP contribution in [0, 0.1) is 13.8 Å². The highest BCUT2D eigenvalue weighted by Crippen LogP contribution is 2.26. The van der Waals surface area contributed by atoms with Gasteiger partial charge in [0.2, 0.25) is 0 Å². The van der Waals surface area contributed by atoms with E-state index >= 15 is 0 Å². The molecule has 0 aliphatic rings. The Kier molecular flexibility index (Phi) is 2.00. The third-order valence-electron chi connectivity index (χ3n) is 2.56. The topological polar surface area (TPSA) is 54.5 Å². The predicted molar refractivity (Wildman–Crippen MR) is 64.5 cm³/mol. The zero-order valence-electron chi connectivity index (χ0n) is 8.98. The second-order valence-corrected chi connectivity index (χ2v) is 4.53. The zero-order valence-corrected chi connectivity index (χ0v) is 9.80. The van der Waals surface area contributed by atoms with Crippen molar-refractivity contribution in [1.29, 1.82) is 0 Å². The van der Waals surface area contributed by atoms with Crippen molar-refractivity contribution in [3.63, 3.8) is 0 Å².